The Balaban J connectivity index is 2.19. The van der Waals surface area contributed by atoms with Gasteiger partial charge in [-0.25, -0.2) is 4.98 Å². The number of aromatic nitrogens is 2. The summed E-state index contributed by atoms with van der Waals surface area (Å²) in [6, 6.07) is 9.38. The van der Waals surface area contributed by atoms with Crippen LogP contribution in [0.4, 0.5) is 0 Å². The van der Waals surface area contributed by atoms with E-state index in [1.807, 2.05) is 30.3 Å². The van der Waals surface area contributed by atoms with Gasteiger partial charge in [0, 0.05) is 11.1 Å². The highest BCUT2D eigenvalue weighted by Gasteiger charge is 2.14. The minimum atomic E-state index is 0.495. The summed E-state index contributed by atoms with van der Waals surface area (Å²) >= 11 is 4.20. The molecule has 2 aromatic heterocycles. The van der Waals surface area contributed by atoms with Crippen LogP contribution in [0.25, 0.3) is 22.7 Å². The van der Waals surface area contributed by atoms with Crippen LogP contribution in [0.5, 0.6) is 5.75 Å². The molecule has 19 heavy (non-hydrogen) atoms. The van der Waals surface area contributed by atoms with Crippen molar-refractivity contribution in [1.82, 2.24) is 9.97 Å². The number of nitrogens with zero attached hydrogens (tertiary/aromatic N) is 2. The van der Waals surface area contributed by atoms with Crippen LogP contribution < -0.4 is 4.74 Å². The van der Waals surface area contributed by atoms with E-state index >= 15 is 0 Å². The first-order chi connectivity index (χ1) is 9.31. The van der Waals surface area contributed by atoms with Crippen molar-refractivity contribution in [2.75, 3.05) is 7.11 Å². The predicted octanol–water partition coefficient (Wildman–Crippen LogP) is 3.84. The average molecular weight is 290 g/mol. The van der Waals surface area contributed by atoms with E-state index in [0.717, 1.165) is 10.5 Å². The van der Waals surface area contributed by atoms with Crippen molar-refractivity contribution < 1.29 is 9.15 Å². The van der Waals surface area contributed by atoms with Crippen molar-refractivity contribution in [3.63, 3.8) is 0 Å². The molecular formula is C13H10N2O2S2. The number of oxazole rings is 1. The van der Waals surface area contributed by atoms with E-state index in [9.17, 15) is 0 Å². The van der Waals surface area contributed by atoms with Crippen LogP contribution in [0.3, 0.4) is 0 Å². The number of methoxy groups -OCH3 is 1. The van der Waals surface area contributed by atoms with E-state index in [2.05, 4.69) is 21.6 Å². The van der Waals surface area contributed by atoms with Crippen LogP contribution in [0.2, 0.25) is 0 Å². The van der Waals surface area contributed by atoms with Crippen LogP contribution in [-0.2, 0) is 0 Å². The van der Waals surface area contributed by atoms with Gasteiger partial charge in [-0.1, -0.05) is 10.8 Å². The van der Waals surface area contributed by atoms with Crippen molar-refractivity contribution >= 4 is 33.7 Å². The van der Waals surface area contributed by atoms with Gasteiger partial charge in [0.2, 0.25) is 5.89 Å². The third kappa shape index (κ3) is 2.29. The number of hydrogen-bond acceptors (Lipinski definition) is 6. The molecule has 0 unspecified atom stereocenters. The lowest BCUT2D eigenvalue weighted by Gasteiger charge is -2.06. The molecule has 0 saturated carbocycles. The second kappa shape index (κ2) is 5.14. The van der Waals surface area contributed by atoms with Crippen LogP contribution in [0.15, 0.2) is 45.8 Å². The Morgan fingerprint density at radius 1 is 1.32 bits per heavy atom. The normalized spacial score (nSPS) is 10.8. The molecule has 4 nitrogen and oxygen atoms in total. The summed E-state index contributed by atoms with van der Waals surface area (Å²) in [7, 11) is 2.98. The summed E-state index contributed by atoms with van der Waals surface area (Å²) in [6.45, 7) is 0. The Kier molecular flexibility index (Phi) is 3.35. The number of benzene rings is 1. The first-order valence-electron chi connectivity index (χ1n) is 5.53. The fourth-order valence-corrected chi connectivity index (χ4v) is 2.44. The molecule has 0 aliphatic carbocycles. The standard InChI is InChI=1S/C13H10N2O2S2/c1-16-10-5-4-8(19-18)7-9(10)13-15-12-11(17-13)3-2-6-14-12/h2-7,18H,1H3. The molecule has 0 spiro atoms. The summed E-state index contributed by atoms with van der Waals surface area (Å²) in [6.07, 6.45) is 1.69. The third-order valence-corrected chi connectivity index (χ3v) is 3.77. The van der Waals surface area contributed by atoms with Crippen molar-refractivity contribution in [3.8, 4) is 17.2 Å². The zero-order chi connectivity index (χ0) is 13.2. The number of fused-ring (bicyclic) bond motifs is 1. The minimum Gasteiger partial charge on any atom is -0.496 e. The van der Waals surface area contributed by atoms with Gasteiger partial charge in [-0.3, -0.25) is 0 Å². The lowest BCUT2D eigenvalue weighted by molar-refractivity contribution is 0.414. The molecule has 0 aliphatic heterocycles. The molecule has 1 aromatic carbocycles. The molecule has 0 aliphatic rings. The first kappa shape index (κ1) is 12.4. The summed E-state index contributed by atoms with van der Waals surface area (Å²) < 4.78 is 11.0. The summed E-state index contributed by atoms with van der Waals surface area (Å²) in [5.41, 5.74) is 2.03. The fourth-order valence-electron chi connectivity index (χ4n) is 1.80. The van der Waals surface area contributed by atoms with Gasteiger partial charge in [0.25, 0.3) is 0 Å². The Labute approximate surface area is 119 Å². The number of rotatable bonds is 3. The number of pyridine rings is 1. The molecule has 3 rings (SSSR count). The van der Waals surface area contributed by atoms with Gasteiger partial charge in [-0.15, -0.1) is 11.7 Å². The van der Waals surface area contributed by atoms with Crippen molar-refractivity contribution in [3.05, 3.63) is 36.5 Å². The van der Waals surface area contributed by atoms with Crippen molar-refractivity contribution in [2.24, 2.45) is 0 Å². The molecule has 0 N–H and O–H groups in total. The summed E-state index contributed by atoms with van der Waals surface area (Å²) in [5.74, 6) is 1.20. The molecule has 0 atom stereocenters. The number of ether oxygens (including phenoxy) is 1. The molecule has 0 fully saturated rings. The molecule has 96 valence electrons. The molecular weight excluding hydrogens is 280 g/mol. The van der Waals surface area contributed by atoms with E-state index in [4.69, 9.17) is 9.15 Å². The minimum absolute atomic E-state index is 0.495. The zero-order valence-electron chi connectivity index (χ0n) is 10.0. The Hall–Kier alpha value is -1.66. The molecule has 0 bridgehead atoms. The predicted molar refractivity (Wildman–Crippen MR) is 78.6 cm³/mol. The first-order valence-corrected chi connectivity index (χ1v) is 7.40. The van der Waals surface area contributed by atoms with Crippen molar-refractivity contribution in [2.45, 2.75) is 4.90 Å². The molecule has 0 amide bonds. The topological polar surface area (TPSA) is 48.2 Å². The van der Waals surface area contributed by atoms with E-state index in [1.165, 1.54) is 10.8 Å². The molecule has 2 heterocycles. The highest BCUT2D eigenvalue weighted by molar-refractivity contribution is 8.68. The van der Waals surface area contributed by atoms with E-state index in [0.29, 0.717) is 22.9 Å². The van der Waals surface area contributed by atoms with Gasteiger partial charge in [0.15, 0.2) is 11.2 Å². The number of thiol groups is 1. The van der Waals surface area contributed by atoms with Crippen LogP contribution in [-0.4, -0.2) is 17.1 Å². The summed E-state index contributed by atoms with van der Waals surface area (Å²) in [4.78, 5) is 9.53. The molecule has 6 heteroatoms. The largest absolute Gasteiger partial charge is 0.496 e. The fraction of sp³-hybridized carbons (Fsp3) is 0.0769. The van der Waals surface area contributed by atoms with E-state index in [1.54, 1.807) is 13.3 Å². The average Bonchev–Trinajstić information content (AvgIpc) is 2.90. The number of hydrogen-bond donors (Lipinski definition) is 1. The highest BCUT2D eigenvalue weighted by atomic mass is 33.1. The van der Waals surface area contributed by atoms with E-state index in [-0.39, 0.29) is 0 Å². The van der Waals surface area contributed by atoms with Gasteiger partial charge >= 0.3 is 0 Å². The van der Waals surface area contributed by atoms with Gasteiger partial charge in [-0.05, 0) is 30.3 Å². The Bertz CT molecular complexity index is 694. The molecule has 0 saturated heterocycles. The summed E-state index contributed by atoms with van der Waals surface area (Å²) in [5, 5.41) is 0. The lowest BCUT2D eigenvalue weighted by Crippen LogP contribution is -1.88. The second-order valence-electron chi connectivity index (χ2n) is 3.80. The SMILES string of the molecule is COc1ccc(SS)cc1-c1nc2ncccc2o1. The van der Waals surface area contributed by atoms with Gasteiger partial charge in [-0.2, -0.15) is 4.98 Å². The van der Waals surface area contributed by atoms with Gasteiger partial charge in [0.1, 0.15) is 5.75 Å². The van der Waals surface area contributed by atoms with Crippen LogP contribution in [0, 0.1) is 0 Å². The molecule has 0 radical (unpaired) electrons. The maximum atomic E-state index is 5.71. The maximum Gasteiger partial charge on any atom is 0.232 e. The van der Waals surface area contributed by atoms with Crippen LogP contribution in [0.1, 0.15) is 0 Å². The lowest BCUT2D eigenvalue weighted by atomic mass is 10.2. The van der Waals surface area contributed by atoms with Gasteiger partial charge in [0.05, 0.1) is 12.7 Å². The zero-order valence-corrected chi connectivity index (χ0v) is 11.7. The van der Waals surface area contributed by atoms with E-state index < -0.39 is 0 Å². The smallest absolute Gasteiger partial charge is 0.232 e. The van der Waals surface area contributed by atoms with Gasteiger partial charge < -0.3 is 9.15 Å². The van der Waals surface area contributed by atoms with Crippen LogP contribution >= 0.6 is 22.5 Å². The quantitative estimate of drug-likeness (QED) is 0.586. The monoisotopic (exact) mass is 290 g/mol. The Morgan fingerprint density at radius 2 is 2.21 bits per heavy atom. The van der Waals surface area contributed by atoms with Crippen molar-refractivity contribution in [1.29, 1.82) is 0 Å². The highest BCUT2D eigenvalue weighted by Crippen LogP contribution is 2.35. The third-order valence-electron chi connectivity index (χ3n) is 2.67. The maximum absolute atomic E-state index is 5.71. The second-order valence-corrected chi connectivity index (χ2v) is 5.00. The Morgan fingerprint density at radius 3 is 2.95 bits per heavy atom. The molecule has 3 aromatic rings.